The molecule has 0 atom stereocenters. The Morgan fingerprint density at radius 2 is 1.71 bits per heavy atom. The Kier molecular flexibility index (Phi) is 4.26. The van der Waals surface area contributed by atoms with E-state index in [0.29, 0.717) is 12.4 Å². The third-order valence-electron chi connectivity index (χ3n) is 5.47. The summed E-state index contributed by atoms with van der Waals surface area (Å²) in [6.07, 6.45) is 0.795. The van der Waals surface area contributed by atoms with Gasteiger partial charge < -0.3 is 4.98 Å². The minimum absolute atomic E-state index is 0.0218. The van der Waals surface area contributed by atoms with Crippen LogP contribution in [0.2, 0.25) is 0 Å². The van der Waals surface area contributed by atoms with Crippen molar-refractivity contribution < 1.29 is 0 Å². The van der Waals surface area contributed by atoms with Crippen molar-refractivity contribution in [2.24, 2.45) is 0 Å². The van der Waals surface area contributed by atoms with Gasteiger partial charge >= 0.3 is 0 Å². The minimum atomic E-state index is -0.0218. The Bertz CT molecular complexity index is 1190. The fourth-order valence-corrected chi connectivity index (χ4v) is 4.02. The van der Waals surface area contributed by atoms with Crippen LogP contribution in [0.1, 0.15) is 16.8 Å². The summed E-state index contributed by atoms with van der Waals surface area (Å²) in [6, 6.07) is 24.7. The van der Waals surface area contributed by atoms with Gasteiger partial charge in [-0.15, -0.1) is 0 Å². The largest absolute Gasteiger partial charge is 0.306 e. The third-order valence-corrected chi connectivity index (χ3v) is 5.47. The second kappa shape index (κ2) is 7.06. The molecule has 0 aliphatic carbocycles. The summed E-state index contributed by atoms with van der Waals surface area (Å²) in [7, 11) is 0. The molecule has 4 nitrogen and oxygen atoms in total. The summed E-state index contributed by atoms with van der Waals surface area (Å²) in [6.45, 7) is 2.37. The van der Waals surface area contributed by atoms with Gasteiger partial charge in [-0.25, -0.2) is 4.98 Å². The van der Waals surface area contributed by atoms with E-state index in [1.165, 1.54) is 16.3 Å². The molecular weight excluding hydrogens is 346 g/mol. The lowest BCUT2D eigenvalue weighted by molar-refractivity contribution is 0.242. The van der Waals surface area contributed by atoms with E-state index in [1.54, 1.807) is 0 Å². The lowest BCUT2D eigenvalue weighted by Gasteiger charge is -2.28. The van der Waals surface area contributed by atoms with Crippen molar-refractivity contribution in [1.82, 2.24) is 14.9 Å². The molecule has 0 fully saturated rings. The van der Waals surface area contributed by atoms with Crippen LogP contribution in [0.4, 0.5) is 0 Å². The zero-order valence-corrected chi connectivity index (χ0v) is 15.6. The fourth-order valence-electron chi connectivity index (χ4n) is 4.02. The van der Waals surface area contributed by atoms with Crippen LogP contribution in [0.5, 0.6) is 0 Å². The molecule has 0 spiro atoms. The maximum atomic E-state index is 12.7. The highest BCUT2D eigenvalue weighted by molar-refractivity contribution is 5.85. The molecule has 5 rings (SSSR count). The van der Waals surface area contributed by atoms with E-state index in [1.807, 2.05) is 30.3 Å². The van der Waals surface area contributed by atoms with Crippen LogP contribution in [0.25, 0.3) is 22.2 Å². The van der Waals surface area contributed by atoms with E-state index < -0.39 is 0 Å². The smallest absolute Gasteiger partial charge is 0.255 e. The lowest BCUT2D eigenvalue weighted by Crippen LogP contribution is -2.35. The van der Waals surface area contributed by atoms with Gasteiger partial charge in [0.05, 0.1) is 11.3 Å². The highest BCUT2D eigenvalue weighted by atomic mass is 16.1. The highest BCUT2D eigenvalue weighted by Gasteiger charge is 2.22. The van der Waals surface area contributed by atoms with Crippen LogP contribution in [-0.4, -0.2) is 21.4 Å². The summed E-state index contributed by atoms with van der Waals surface area (Å²) in [5, 5.41) is 2.53. The van der Waals surface area contributed by atoms with Gasteiger partial charge in [-0.1, -0.05) is 72.8 Å². The number of nitrogens with one attached hydrogen (secondary N) is 1. The van der Waals surface area contributed by atoms with Crippen LogP contribution in [-0.2, 0) is 19.5 Å². The molecule has 2 heterocycles. The Morgan fingerprint density at radius 1 is 0.929 bits per heavy atom. The Morgan fingerprint density at radius 3 is 2.61 bits per heavy atom. The minimum Gasteiger partial charge on any atom is -0.306 e. The highest BCUT2D eigenvalue weighted by Crippen LogP contribution is 2.23. The topological polar surface area (TPSA) is 49.0 Å². The number of hydrogen-bond donors (Lipinski definition) is 1. The molecular formula is C24H21N3O. The molecule has 0 bridgehead atoms. The number of aromatic amines is 1. The molecule has 1 aromatic heterocycles. The molecule has 4 heteroatoms. The molecule has 3 aromatic carbocycles. The van der Waals surface area contributed by atoms with Gasteiger partial charge in [0.2, 0.25) is 0 Å². The molecule has 1 aliphatic heterocycles. The second-order valence-electron chi connectivity index (χ2n) is 7.30. The summed E-state index contributed by atoms with van der Waals surface area (Å²) < 4.78 is 0. The van der Waals surface area contributed by atoms with Crippen molar-refractivity contribution in [3.8, 4) is 11.4 Å². The first kappa shape index (κ1) is 16.9. The van der Waals surface area contributed by atoms with Crippen molar-refractivity contribution in [3.63, 3.8) is 0 Å². The Balaban J connectivity index is 1.43. The fraction of sp³-hybridized carbons (Fsp3) is 0.167. The summed E-state index contributed by atoms with van der Waals surface area (Å²) in [5.74, 6) is 0.659. The van der Waals surface area contributed by atoms with Crippen molar-refractivity contribution in [2.45, 2.75) is 19.5 Å². The number of aromatic nitrogens is 2. The molecule has 1 N–H and O–H groups in total. The van der Waals surface area contributed by atoms with Crippen molar-refractivity contribution in [1.29, 1.82) is 0 Å². The van der Waals surface area contributed by atoms with Crippen molar-refractivity contribution in [3.05, 3.63) is 100.0 Å². The maximum Gasteiger partial charge on any atom is 0.255 e. The molecule has 138 valence electrons. The normalized spacial score (nSPS) is 14.1. The van der Waals surface area contributed by atoms with E-state index >= 15 is 0 Å². The standard InChI is InChI=1S/C24H21N3O/c28-24-21-16-27(15-19-11-6-10-17-7-4-5-12-20(17)19)14-13-22(21)25-23(26-24)18-8-2-1-3-9-18/h1-12H,13-16H2,(H,25,26,28). The lowest BCUT2D eigenvalue weighted by atomic mass is 10.0. The van der Waals surface area contributed by atoms with Crippen molar-refractivity contribution >= 4 is 10.8 Å². The van der Waals surface area contributed by atoms with Crippen LogP contribution in [0.3, 0.4) is 0 Å². The molecule has 4 aromatic rings. The van der Waals surface area contributed by atoms with Crippen LogP contribution in [0, 0.1) is 0 Å². The number of benzene rings is 3. The summed E-state index contributed by atoms with van der Waals surface area (Å²) >= 11 is 0. The van der Waals surface area contributed by atoms with Gasteiger partial charge in [-0.3, -0.25) is 9.69 Å². The molecule has 0 unspecified atom stereocenters. The number of fused-ring (bicyclic) bond motifs is 2. The monoisotopic (exact) mass is 367 g/mol. The first-order valence-electron chi connectivity index (χ1n) is 9.64. The van der Waals surface area contributed by atoms with E-state index in [0.717, 1.165) is 36.3 Å². The van der Waals surface area contributed by atoms with Crippen LogP contribution >= 0.6 is 0 Å². The van der Waals surface area contributed by atoms with E-state index in [-0.39, 0.29) is 5.56 Å². The molecule has 0 saturated heterocycles. The number of rotatable bonds is 3. The first-order chi connectivity index (χ1) is 13.8. The van der Waals surface area contributed by atoms with E-state index in [4.69, 9.17) is 4.98 Å². The average molecular weight is 367 g/mol. The van der Waals surface area contributed by atoms with Gasteiger partial charge in [0.15, 0.2) is 0 Å². The van der Waals surface area contributed by atoms with Gasteiger partial charge in [0, 0.05) is 31.6 Å². The van der Waals surface area contributed by atoms with Gasteiger partial charge in [0.25, 0.3) is 5.56 Å². The average Bonchev–Trinajstić information content (AvgIpc) is 2.75. The van der Waals surface area contributed by atoms with Gasteiger partial charge in [-0.05, 0) is 16.3 Å². The molecule has 28 heavy (non-hydrogen) atoms. The van der Waals surface area contributed by atoms with E-state index in [9.17, 15) is 4.79 Å². The summed E-state index contributed by atoms with van der Waals surface area (Å²) in [5.41, 5.74) is 3.95. The predicted molar refractivity (Wildman–Crippen MR) is 112 cm³/mol. The van der Waals surface area contributed by atoms with Gasteiger partial charge in [-0.2, -0.15) is 0 Å². The van der Waals surface area contributed by atoms with Crippen molar-refractivity contribution in [2.75, 3.05) is 6.54 Å². The van der Waals surface area contributed by atoms with Crippen LogP contribution in [0.15, 0.2) is 77.6 Å². The second-order valence-corrected chi connectivity index (χ2v) is 7.30. The Hall–Kier alpha value is -3.24. The number of nitrogens with zero attached hydrogens (tertiary/aromatic N) is 2. The molecule has 0 saturated carbocycles. The maximum absolute atomic E-state index is 12.7. The molecule has 1 aliphatic rings. The zero-order valence-electron chi connectivity index (χ0n) is 15.6. The third kappa shape index (κ3) is 3.12. The van der Waals surface area contributed by atoms with E-state index in [2.05, 4.69) is 52.3 Å². The SMILES string of the molecule is O=c1[nH]c(-c2ccccc2)nc2c1CN(Cc1cccc3ccccc13)CC2. The quantitative estimate of drug-likeness (QED) is 0.592. The molecule has 0 radical (unpaired) electrons. The molecule has 0 amide bonds. The predicted octanol–water partition coefficient (Wildman–Crippen LogP) is 4.15. The summed E-state index contributed by atoms with van der Waals surface area (Å²) in [4.78, 5) is 22.8. The zero-order chi connectivity index (χ0) is 18.9. The first-order valence-corrected chi connectivity index (χ1v) is 9.64. The number of H-pyrrole nitrogens is 1. The Labute approximate surface area is 163 Å². The number of hydrogen-bond acceptors (Lipinski definition) is 3. The van der Waals surface area contributed by atoms with Gasteiger partial charge in [0.1, 0.15) is 5.82 Å². The van der Waals surface area contributed by atoms with Crippen LogP contribution < -0.4 is 5.56 Å².